The summed E-state index contributed by atoms with van der Waals surface area (Å²) in [7, 11) is 0. The molecule has 0 aliphatic heterocycles. The summed E-state index contributed by atoms with van der Waals surface area (Å²) in [5.74, 6) is -1.09. The third-order valence-corrected chi connectivity index (χ3v) is 8.81. The zero-order valence-corrected chi connectivity index (χ0v) is 28.6. The van der Waals surface area contributed by atoms with Crippen LogP contribution >= 0.6 is 0 Å². The summed E-state index contributed by atoms with van der Waals surface area (Å²) in [6.07, 6.45) is 39.9. The molecule has 0 fully saturated rings. The molecule has 0 bridgehead atoms. The summed E-state index contributed by atoms with van der Waals surface area (Å²) >= 11 is 0. The van der Waals surface area contributed by atoms with Crippen molar-refractivity contribution in [1.29, 1.82) is 0 Å². The smallest absolute Gasteiger partial charge is 0.307 e. The number of carboxylic acid groups (broad SMARTS) is 1. The molecule has 0 rings (SSSR count). The Morgan fingerprint density at radius 1 is 0.452 bits per heavy atom. The molecule has 1 N–H and O–H groups in total. The van der Waals surface area contributed by atoms with E-state index in [-0.39, 0.29) is 12.4 Å². The van der Waals surface area contributed by atoms with Crippen molar-refractivity contribution in [3.63, 3.8) is 0 Å². The number of hydrogen-bond acceptors (Lipinski definition) is 3. The monoisotopic (exact) mass is 595 g/mol. The van der Waals surface area contributed by atoms with Gasteiger partial charge < -0.3 is 9.84 Å². The van der Waals surface area contributed by atoms with Crippen LogP contribution in [0.3, 0.4) is 0 Å². The first-order chi connectivity index (χ1) is 20.6. The molecule has 0 spiro atoms. The molecule has 0 heterocycles. The van der Waals surface area contributed by atoms with Gasteiger partial charge in [0.1, 0.15) is 6.10 Å². The second kappa shape index (κ2) is 34.4. The average Bonchev–Trinajstić information content (AvgIpc) is 2.96. The van der Waals surface area contributed by atoms with E-state index in [0.29, 0.717) is 12.8 Å². The predicted octanol–water partition coefficient (Wildman–Crippen LogP) is 12.9. The number of carbonyl (C=O) groups is 2. The number of aliphatic carboxylic acids is 1. The molecule has 0 radical (unpaired) electrons. The highest BCUT2D eigenvalue weighted by molar-refractivity contribution is 5.71. The minimum atomic E-state index is -0.875. The van der Waals surface area contributed by atoms with Gasteiger partial charge in [-0.25, -0.2) is 0 Å². The van der Waals surface area contributed by atoms with Crippen molar-refractivity contribution < 1.29 is 19.4 Å². The topological polar surface area (TPSA) is 63.6 Å². The second-order valence-corrected chi connectivity index (χ2v) is 13.1. The number of rotatable bonds is 35. The van der Waals surface area contributed by atoms with Crippen LogP contribution in [-0.4, -0.2) is 23.1 Å². The summed E-state index contributed by atoms with van der Waals surface area (Å²) in [5.41, 5.74) is 0. The van der Waals surface area contributed by atoms with E-state index in [4.69, 9.17) is 4.74 Å². The molecule has 4 nitrogen and oxygen atoms in total. The van der Waals surface area contributed by atoms with E-state index in [9.17, 15) is 14.7 Å². The van der Waals surface area contributed by atoms with Crippen LogP contribution in [0.15, 0.2) is 0 Å². The number of carboxylic acids is 1. The maximum atomic E-state index is 12.3. The van der Waals surface area contributed by atoms with E-state index in [1.165, 1.54) is 167 Å². The quantitative estimate of drug-likeness (QED) is 0.0585. The molecular weight excluding hydrogens is 520 g/mol. The Labute approximate surface area is 262 Å². The Balaban J connectivity index is 3.57. The van der Waals surface area contributed by atoms with Crippen molar-refractivity contribution in [3.05, 3.63) is 0 Å². The zero-order chi connectivity index (χ0) is 30.8. The number of ether oxygens (including phenoxy) is 1. The molecule has 0 aromatic rings. The van der Waals surface area contributed by atoms with Crippen molar-refractivity contribution in [1.82, 2.24) is 0 Å². The maximum absolute atomic E-state index is 12.3. The summed E-state index contributed by atoms with van der Waals surface area (Å²) in [4.78, 5) is 23.5. The van der Waals surface area contributed by atoms with E-state index in [0.717, 1.165) is 25.7 Å². The van der Waals surface area contributed by atoms with Gasteiger partial charge in [-0.05, 0) is 19.3 Å². The fourth-order valence-electron chi connectivity index (χ4n) is 6.03. The highest BCUT2D eigenvalue weighted by Gasteiger charge is 2.17. The van der Waals surface area contributed by atoms with E-state index < -0.39 is 12.1 Å². The van der Waals surface area contributed by atoms with Gasteiger partial charge in [0.25, 0.3) is 0 Å². The summed E-state index contributed by atoms with van der Waals surface area (Å²) in [6, 6.07) is 0. The van der Waals surface area contributed by atoms with Crippen molar-refractivity contribution in [3.8, 4) is 0 Å². The van der Waals surface area contributed by atoms with Gasteiger partial charge >= 0.3 is 11.9 Å². The van der Waals surface area contributed by atoms with E-state index in [1.54, 1.807) is 0 Å². The standard InChI is InChI=1S/C38H74O4/c1-3-5-7-9-11-13-15-16-17-18-19-20-21-22-24-25-27-29-31-33-36(35-37(39)40)42-38(41)34-32-30-28-26-23-14-12-10-8-6-4-2/h36H,3-35H2,1-2H3,(H,39,40). The van der Waals surface area contributed by atoms with Crippen LogP contribution in [0.4, 0.5) is 0 Å². The summed E-state index contributed by atoms with van der Waals surface area (Å²) in [6.45, 7) is 4.54. The maximum Gasteiger partial charge on any atom is 0.307 e. The summed E-state index contributed by atoms with van der Waals surface area (Å²) in [5, 5.41) is 9.24. The Bertz CT molecular complexity index is 561. The normalized spacial score (nSPS) is 12.0. The Hall–Kier alpha value is -1.06. The predicted molar refractivity (Wildman–Crippen MR) is 181 cm³/mol. The van der Waals surface area contributed by atoms with Gasteiger partial charge in [0, 0.05) is 6.42 Å². The van der Waals surface area contributed by atoms with Crippen LogP contribution in [0.25, 0.3) is 0 Å². The number of carbonyl (C=O) groups excluding carboxylic acids is 1. The van der Waals surface area contributed by atoms with E-state index in [2.05, 4.69) is 13.8 Å². The van der Waals surface area contributed by atoms with Crippen LogP contribution in [0, 0.1) is 0 Å². The van der Waals surface area contributed by atoms with E-state index >= 15 is 0 Å². The van der Waals surface area contributed by atoms with Crippen molar-refractivity contribution in [2.24, 2.45) is 0 Å². The Morgan fingerprint density at radius 2 is 0.738 bits per heavy atom. The van der Waals surface area contributed by atoms with Gasteiger partial charge in [0.15, 0.2) is 0 Å². The van der Waals surface area contributed by atoms with Crippen LogP contribution in [0.2, 0.25) is 0 Å². The molecule has 0 amide bonds. The number of esters is 1. The molecule has 4 heteroatoms. The lowest BCUT2D eigenvalue weighted by atomic mass is 10.0. The SMILES string of the molecule is CCCCCCCCCCCCCCCCCCCCCC(CC(=O)O)OC(=O)CCCCCCCCCCCCC. The molecule has 1 unspecified atom stereocenters. The third-order valence-electron chi connectivity index (χ3n) is 8.81. The van der Waals surface area contributed by atoms with Gasteiger partial charge in [-0.3, -0.25) is 9.59 Å². The lowest BCUT2D eigenvalue weighted by Crippen LogP contribution is -2.21. The Kier molecular flexibility index (Phi) is 33.6. The molecule has 0 saturated heterocycles. The van der Waals surface area contributed by atoms with Gasteiger partial charge in [-0.1, -0.05) is 194 Å². The second-order valence-electron chi connectivity index (χ2n) is 13.1. The Morgan fingerprint density at radius 3 is 1.05 bits per heavy atom. The molecule has 0 aliphatic rings. The van der Waals surface area contributed by atoms with E-state index in [1.807, 2.05) is 0 Å². The first-order valence-electron chi connectivity index (χ1n) is 19.0. The fourth-order valence-corrected chi connectivity index (χ4v) is 6.03. The molecule has 0 aromatic heterocycles. The van der Waals surface area contributed by atoms with Crippen LogP contribution in [0.1, 0.15) is 226 Å². The largest absolute Gasteiger partial charge is 0.481 e. The molecule has 42 heavy (non-hydrogen) atoms. The number of hydrogen-bond donors (Lipinski definition) is 1. The minimum Gasteiger partial charge on any atom is -0.481 e. The molecule has 0 saturated carbocycles. The number of unbranched alkanes of at least 4 members (excludes halogenated alkanes) is 28. The molecule has 0 aliphatic carbocycles. The van der Waals surface area contributed by atoms with Crippen LogP contribution in [0.5, 0.6) is 0 Å². The molecule has 250 valence electrons. The minimum absolute atomic E-state index is 0.0664. The van der Waals surface area contributed by atoms with Gasteiger partial charge in [0.05, 0.1) is 6.42 Å². The van der Waals surface area contributed by atoms with Gasteiger partial charge in [0.2, 0.25) is 0 Å². The zero-order valence-electron chi connectivity index (χ0n) is 28.6. The van der Waals surface area contributed by atoms with Crippen LogP contribution in [-0.2, 0) is 14.3 Å². The highest BCUT2D eigenvalue weighted by Crippen LogP contribution is 2.17. The van der Waals surface area contributed by atoms with Crippen molar-refractivity contribution >= 4 is 11.9 Å². The van der Waals surface area contributed by atoms with Crippen molar-refractivity contribution in [2.75, 3.05) is 0 Å². The highest BCUT2D eigenvalue weighted by atomic mass is 16.5. The first-order valence-corrected chi connectivity index (χ1v) is 19.0. The van der Waals surface area contributed by atoms with Gasteiger partial charge in [-0.15, -0.1) is 0 Å². The molecule has 1 atom stereocenters. The molecular formula is C38H74O4. The average molecular weight is 595 g/mol. The fraction of sp³-hybridized carbons (Fsp3) is 0.947. The third kappa shape index (κ3) is 33.4. The lowest BCUT2D eigenvalue weighted by molar-refractivity contribution is -0.153. The van der Waals surface area contributed by atoms with Gasteiger partial charge in [-0.2, -0.15) is 0 Å². The van der Waals surface area contributed by atoms with Crippen LogP contribution < -0.4 is 0 Å². The first kappa shape index (κ1) is 40.9. The lowest BCUT2D eigenvalue weighted by Gasteiger charge is -2.16. The van der Waals surface area contributed by atoms with Crippen molar-refractivity contribution in [2.45, 2.75) is 232 Å². The summed E-state index contributed by atoms with van der Waals surface area (Å²) < 4.78 is 5.57. The molecule has 0 aromatic carbocycles.